The van der Waals surface area contributed by atoms with E-state index in [1.54, 1.807) is 13.0 Å². The Morgan fingerprint density at radius 1 is 1.65 bits per heavy atom. The van der Waals surface area contributed by atoms with Gasteiger partial charge in [-0.1, -0.05) is 15.9 Å². The summed E-state index contributed by atoms with van der Waals surface area (Å²) in [6.07, 6.45) is -0.836. The molecule has 1 atom stereocenters. The minimum absolute atomic E-state index is 0.0450. The van der Waals surface area contributed by atoms with E-state index in [1.165, 1.54) is 6.07 Å². The number of aliphatic hydroxyl groups excluding tert-OH is 1. The number of aryl methyl sites for hydroxylation is 1. The molecular weight excluding hydrogens is 292 g/mol. The lowest BCUT2D eigenvalue weighted by molar-refractivity contribution is -0.386. The zero-order valence-electron chi connectivity index (χ0n) is 9.22. The number of hydrogen-bond donors (Lipinski definition) is 2. The van der Waals surface area contributed by atoms with Crippen molar-refractivity contribution in [2.75, 3.05) is 13.2 Å². The number of ether oxygens (including phenoxy) is 1. The molecule has 0 fully saturated rings. The summed E-state index contributed by atoms with van der Waals surface area (Å²) in [4.78, 5) is 10.3. The summed E-state index contributed by atoms with van der Waals surface area (Å²) in [5.74, 6) is 0.158. The molecule has 17 heavy (non-hydrogen) atoms. The van der Waals surface area contributed by atoms with Crippen molar-refractivity contribution in [3.8, 4) is 5.75 Å². The van der Waals surface area contributed by atoms with Crippen LogP contribution in [-0.4, -0.2) is 29.3 Å². The summed E-state index contributed by atoms with van der Waals surface area (Å²) < 4.78 is 5.85. The zero-order valence-corrected chi connectivity index (χ0v) is 10.8. The van der Waals surface area contributed by atoms with Gasteiger partial charge in [0.15, 0.2) is 5.75 Å². The van der Waals surface area contributed by atoms with Crippen LogP contribution in [0, 0.1) is 17.0 Å². The van der Waals surface area contributed by atoms with Crippen LogP contribution in [0.3, 0.4) is 0 Å². The maximum absolute atomic E-state index is 10.9. The molecule has 94 valence electrons. The lowest BCUT2D eigenvalue weighted by Crippen LogP contribution is -2.26. The normalized spacial score (nSPS) is 12.2. The van der Waals surface area contributed by atoms with E-state index in [-0.39, 0.29) is 24.6 Å². The topological polar surface area (TPSA) is 98.6 Å². The first kappa shape index (κ1) is 13.9. The summed E-state index contributed by atoms with van der Waals surface area (Å²) in [6.45, 7) is 1.67. The SMILES string of the molecule is Cc1cc(Br)cc([N+](=O)[O-])c1OCC(O)CN. The maximum atomic E-state index is 10.9. The van der Waals surface area contributed by atoms with Crippen LogP contribution in [0.4, 0.5) is 5.69 Å². The quantitative estimate of drug-likeness (QED) is 0.632. The molecule has 0 bridgehead atoms. The predicted octanol–water partition coefficient (Wildman–Crippen LogP) is 1.36. The number of nitro benzene ring substituents is 1. The Hall–Kier alpha value is -1.18. The summed E-state index contributed by atoms with van der Waals surface area (Å²) in [6, 6.07) is 3.06. The van der Waals surface area contributed by atoms with Gasteiger partial charge >= 0.3 is 5.69 Å². The first-order valence-electron chi connectivity index (χ1n) is 4.91. The number of nitrogens with two attached hydrogens (primary N) is 1. The largest absolute Gasteiger partial charge is 0.484 e. The fourth-order valence-corrected chi connectivity index (χ4v) is 1.84. The van der Waals surface area contributed by atoms with Gasteiger partial charge in [0.1, 0.15) is 12.7 Å². The molecule has 0 amide bonds. The predicted molar refractivity (Wildman–Crippen MR) is 66.1 cm³/mol. The van der Waals surface area contributed by atoms with Gasteiger partial charge in [0.2, 0.25) is 0 Å². The van der Waals surface area contributed by atoms with Crippen LogP contribution in [0.1, 0.15) is 5.56 Å². The lowest BCUT2D eigenvalue weighted by atomic mass is 10.2. The number of benzene rings is 1. The first-order valence-corrected chi connectivity index (χ1v) is 5.70. The Bertz CT molecular complexity index is 425. The number of aliphatic hydroxyl groups is 1. The second-order valence-electron chi connectivity index (χ2n) is 3.53. The standard InChI is InChI=1S/C10H13BrN2O4/c1-6-2-7(11)3-9(13(15)16)10(6)17-5-8(14)4-12/h2-3,8,14H,4-5,12H2,1H3. The average molecular weight is 305 g/mol. The van der Waals surface area contributed by atoms with Gasteiger partial charge in [0.05, 0.1) is 4.92 Å². The minimum atomic E-state index is -0.836. The molecule has 3 N–H and O–H groups in total. The van der Waals surface area contributed by atoms with Crippen molar-refractivity contribution in [3.05, 3.63) is 32.3 Å². The van der Waals surface area contributed by atoms with E-state index in [9.17, 15) is 15.2 Å². The van der Waals surface area contributed by atoms with Gasteiger partial charge in [-0.15, -0.1) is 0 Å². The number of halogens is 1. The molecule has 0 aliphatic rings. The van der Waals surface area contributed by atoms with Gasteiger partial charge < -0.3 is 15.6 Å². The second-order valence-corrected chi connectivity index (χ2v) is 4.44. The van der Waals surface area contributed by atoms with Gasteiger partial charge in [-0.2, -0.15) is 0 Å². The number of hydrogen-bond acceptors (Lipinski definition) is 5. The molecular formula is C10H13BrN2O4. The van der Waals surface area contributed by atoms with E-state index in [0.29, 0.717) is 10.0 Å². The van der Waals surface area contributed by atoms with E-state index in [2.05, 4.69) is 15.9 Å². The highest BCUT2D eigenvalue weighted by Gasteiger charge is 2.19. The summed E-state index contributed by atoms with van der Waals surface area (Å²) in [5, 5.41) is 20.1. The zero-order chi connectivity index (χ0) is 13.0. The number of nitrogens with zero attached hydrogens (tertiary/aromatic N) is 1. The maximum Gasteiger partial charge on any atom is 0.312 e. The fourth-order valence-electron chi connectivity index (χ4n) is 1.28. The van der Waals surface area contributed by atoms with Gasteiger partial charge in [0, 0.05) is 17.1 Å². The van der Waals surface area contributed by atoms with E-state index in [1.807, 2.05) is 0 Å². The van der Waals surface area contributed by atoms with Crippen LogP contribution in [0.5, 0.6) is 5.75 Å². The molecule has 7 heteroatoms. The Morgan fingerprint density at radius 2 is 2.29 bits per heavy atom. The van der Waals surface area contributed by atoms with Gasteiger partial charge in [-0.05, 0) is 18.6 Å². The van der Waals surface area contributed by atoms with Crippen LogP contribution in [0.2, 0.25) is 0 Å². The molecule has 1 aromatic carbocycles. The number of rotatable bonds is 5. The Labute approximate surface area is 107 Å². The van der Waals surface area contributed by atoms with Crippen LogP contribution in [0.15, 0.2) is 16.6 Å². The molecule has 0 aromatic heterocycles. The smallest absolute Gasteiger partial charge is 0.312 e. The van der Waals surface area contributed by atoms with Crippen molar-refractivity contribution in [1.82, 2.24) is 0 Å². The first-order chi connectivity index (χ1) is 7.95. The molecule has 1 rings (SSSR count). The average Bonchev–Trinajstić information content (AvgIpc) is 2.26. The Morgan fingerprint density at radius 3 is 2.82 bits per heavy atom. The molecule has 0 heterocycles. The van der Waals surface area contributed by atoms with Crippen molar-refractivity contribution in [1.29, 1.82) is 0 Å². The molecule has 6 nitrogen and oxygen atoms in total. The summed E-state index contributed by atoms with van der Waals surface area (Å²) in [7, 11) is 0. The highest BCUT2D eigenvalue weighted by atomic mass is 79.9. The van der Waals surface area contributed by atoms with Crippen LogP contribution in [0.25, 0.3) is 0 Å². The molecule has 1 aromatic rings. The van der Waals surface area contributed by atoms with Crippen LogP contribution >= 0.6 is 15.9 Å². The van der Waals surface area contributed by atoms with Crippen molar-refractivity contribution >= 4 is 21.6 Å². The van der Waals surface area contributed by atoms with Crippen LogP contribution in [-0.2, 0) is 0 Å². The van der Waals surface area contributed by atoms with E-state index in [4.69, 9.17) is 10.5 Å². The molecule has 0 aliphatic heterocycles. The molecule has 1 unspecified atom stereocenters. The monoisotopic (exact) mass is 304 g/mol. The second kappa shape index (κ2) is 5.95. The fraction of sp³-hybridized carbons (Fsp3) is 0.400. The summed E-state index contributed by atoms with van der Waals surface area (Å²) in [5.41, 5.74) is 5.71. The molecule has 0 saturated heterocycles. The van der Waals surface area contributed by atoms with E-state index in [0.717, 1.165) is 0 Å². The van der Waals surface area contributed by atoms with E-state index < -0.39 is 11.0 Å². The van der Waals surface area contributed by atoms with Gasteiger partial charge in [-0.25, -0.2) is 0 Å². The molecule has 0 radical (unpaired) electrons. The van der Waals surface area contributed by atoms with Gasteiger partial charge in [-0.3, -0.25) is 10.1 Å². The lowest BCUT2D eigenvalue weighted by Gasteiger charge is -2.12. The molecule has 0 saturated carbocycles. The molecule has 0 aliphatic carbocycles. The van der Waals surface area contributed by atoms with Crippen molar-refractivity contribution in [2.24, 2.45) is 5.73 Å². The highest BCUT2D eigenvalue weighted by Crippen LogP contribution is 2.34. The third-order valence-electron chi connectivity index (χ3n) is 2.11. The Kier molecular flexibility index (Phi) is 4.86. The highest BCUT2D eigenvalue weighted by molar-refractivity contribution is 9.10. The molecule has 0 spiro atoms. The number of nitro groups is 1. The minimum Gasteiger partial charge on any atom is -0.484 e. The third kappa shape index (κ3) is 3.65. The van der Waals surface area contributed by atoms with Crippen molar-refractivity contribution < 1.29 is 14.8 Å². The van der Waals surface area contributed by atoms with Crippen LogP contribution < -0.4 is 10.5 Å². The Balaban J connectivity index is 3.00. The van der Waals surface area contributed by atoms with Gasteiger partial charge in [0.25, 0.3) is 0 Å². The third-order valence-corrected chi connectivity index (χ3v) is 2.57. The van der Waals surface area contributed by atoms with Crippen molar-refractivity contribution in [2.45, 2.75) is 13.0 Å². The summed E-state index contributed by atoms with van der Waals surface area (Å²) >= 11 is 3.18. The van der Waals surface area contributed by atoms with Crippen molar-refractivity contribution in [3.63, 3.8) is 0 Å². The van der Waals surface area contributed by atoms with E-state index >= 15 is 0 Å².